The molecule has 0 heterocycles. The lowest BCUT2D eigenvalue weighted by atomic mass is 10.1. The Balaban J connectivity index is 0.00000361. The van der Waals surface area contributed by atoms with Crippen molar-refractivity contribution in [1.29, 1.82) is 0 Å². The van der Waals surface area contributed by atoms with E-state index in [1.165, 1.54) is 6.07 Å². The predicted octanol–water partition coefficient (Wildman–Crippen LogP) is 3.09. The summed E-state index contributed by atoms with van der Waals surface area (Å²) in [4.78, 5) is 4.33. The highest BCUT2D eigenvalue weighted by molar-refractivity contribution is 14.0. The lowest BCUT2D eigenvalue weighted by molar-refractivity contribution is 0.498. The molecule has 1 rings (SSSR count). The Kier molecular flexibility index (Phi) is 10.3. The van der Waals surface area contributed by atoms with Gasteiger partial charge >= 0.3 is 0 Å². The molecule has 0 amide bonds. The molecule has 0 aliphatic rings. The summed E-state index contributed by atoms with van der Waals surface area (Å²) in [6, 6.07) is 4.24. The van der Waals surface area contributed by atoms with Crippen LogP contribution in [0, 0.1) is 11.6 Å². The van der Waals surface area contributed by atoms with Gasteiger partial charge in [-0.3, -0.25) is 4.99 Å². The largest absolute Gasteiger partial charge is 0.357 e. The third-order valence-corrected chi connectivity index (χ3v) is 2.56. The topological polar surface area (TPSA) is 36.4 Å². The summed E-state index contributed by atoms with van der Waals surface area (Å²) >= 11 is 0. The van der Waals surface area contributed by atoms with Gasteiger partial charge in [0.1, 0.15) is 0 Å². The molecule has 0 atom stereocenters. The molecule has 0 aliphatic carbocycles. The third-order valence-electron chi connectivity index (χ3n) is 2.56. The van der Waals surface area contributed by atoms with Crippen LogP contribution in [0.3, 0.4) is 0 Å². The minimum atomic E-state index is -0.802. The monoisotopic (exact) mass is 397 g/mol. The minimum Gasteiger partial charge on any atom is -0.357 e. The average molecular weight is 397 g/mol. The zero-order valence-electron chi connectivity index (χ0n) is 11.9. The number of nitrogens with zero attached hydrogens (tertiary/aromatic N) is 1. The van der Waals surface area contributed by atoms with Crippen molar-refractivity contribution in [2.45, 2.75) is 26.7 Å². The SMILES string of the molecule is CCCN=C(NCC)NCCc1cccc(F)c1F.I. The van der Waals surface area contributed by atoms with E-state index in [2.05, 4.69) is 22.5 Å². The number of halogens is 3. The van der Waals surface area contributed by atoms with Gasteiger partial charge in [-0.05, 0) is 31.4 Å². The quantitative estimate of drug-likeness (QED) is 0.440. The number of aliphatic imine (C=N–C) groups is 1. The maximum absolute atomic E-state index is 13.4. The Bertz CT molecular complexity index is 425. The van der Waals surface area contributed by atoms with Crippen molar-refractivity contribution in [2.24, 2.45) is 4.99 Å². The molecule has 1 aromatic carbocycles. The summed E-state index contributed by atoms with van der Waals surface area (Å²) in [6.45, 7) is 6.05. The van der Waals surface area contributed by atoms with Gasteiger partial charge in [0.05, 0.1) is 0 Å². The second-order valence-electron chi connectivity index (χ2n) is 4.15. The van der Waals surface area contributed by atoms with Crippen LogP contribution in [0.15, 0.2) is 23.2 Å². The lowest BCUT2D eigenvalue weighted by Crippen LogP contribution is -2.38. The molecule has 6 heteroatoms. The molecule has 0 aliphatic heterocycles. The van der Waals surface area contributed by atoms with E-state index in [1.807, 2.05) is 6.92 Å². The average Bonchev–Trinajstić information content (AvgIpc) is 2.40. The molecule has 3 nitrogen and oxygen atoms in total. The van der Waals surface area contributed by atoms with E-state index in [-0.39, 0.29) is 24.0 Å². The maximum Gasteiger partial charge on any atom is 0.191 e. The molecular formula is C14H22F2IN3. The zero-order valence-corrected chi connectivity index (χ0v) is 14.2. The highest BCUT2D eigenvalue weighted by Gasteiger charge is 2.07. The first-order valence-corrected chi connectivity index (χ1v) is 6.64. The van der Waals surface area contributed by atoms with E-state index >= 15 is 0 Å². The van der Waals surface area contributed by atoms with Crippen LogP contribution < -0.4 is 10.6 Å². The van der Waals surface area contributed by atoms with Crippen molar-refractivity contribution in [3.05, 3.63) is 35.4 Å². The fourth-order valence-electron chi connectivity index (χ4n) is 1.62. The van der Waals surface area contributed by atoms with Gasteiger partial charge in [0, 0.05) is 19.6 Å². The van der Waals surface area contributed by atoms with Crippen LogP contribution in [0.2, 0.25) is 0 Å². The molecule has 0 saturated carbocycles. The molecule has 2 N–H and O–H groups in total. The highest BCUT2D eigenvalue weighted by Crippen LogP contribution is 2.11. The van der Waals surface area contributed by atoms with Crippen molar-refractivity contribution >= 4 is 29.9 Å². The van der Waals surface area contributed by atoms with Crippen molar-refractivity contribution in [2.75, 3.05) is 19.6 Å². The zero-order chi connectivity index (χ0) is 14.1. The maximum atomic E-state index is 13.4. The van der Waals surface area contributed by atoms with Crippen LogP contribution in [0.5, 0.6) is 0 Å². The van der Waals surface area contributed by atoms with Crippen LogP contribution in [0.4, 0.5) is 8.78 Å². The molecule has 0 bridgehead atoms. The first kappa shape index (κ1) is 19.1. The Morgan fingerprint density at radius 3 is 2.60 bits per heavy atom. The van der Waals surface area contributed by atoms with Gasteiger partial charge in [0.2, 0.25) is 0 Å². The molecule has 1 aromatic rings. The third kappa shape index (κ3) is 6.49. The van der Waals surface area contributed by atoms with Gasteiger partial charge in [-0.15, -0.1) is 24.0 Å². The lowest BCUT2D eigenvalue weighted by Gasteiger charge is -2.11. The van der Waals surface area contributed by atoms with E-state index in [4.69, 9.17) is 0 Å². The van der Waals surface area contributed by atoms with E-state index in [0.29, 0.717) is 24.5 Å². The van der Waals surface area contributed by atoms with Gasteiger partial charge in [-0.2, -0.15) is 0 Å². The van der Waals surface area contributed by atoms with Gasteiger partial charge in [-0.25, -0.2) is 8.78 Å². The number of hydrogen-bond acceptors (Lipinski definition) is 1. The number of hydrogen-bond donors (Lipinski definition) is 2. The first-order valence-electron chi connectivity index (χ1n) is 6.64. The van der Waals surface area contributed by atoms with Gasteiger partial charge in [-0.1, -0.05) is 19.1 Å². The number of rotatable bonds is 6. The van der Waals surface area contributed by atoms with E-state index in [9.17, 15) is 8.78 Å². The van der Waals surface area contributed by atoms with E-state index in [0.717, 1.165) is 25.6 Å². The molecule has 0 radical (unpaired) electrons. The Morgan fingerprint density at radius 2 is 1.95 bits per heavy atom. The van der Waals surface area contributed by atoms with Gasteiger partial charge in [0.15, 0.2) is 17.6 Å². The molecule has 0 spiro atoms. The summed E-state index contributed by atoms with van der Waals surface area (Å²) in [5, 5.41) is 6.20. The number of nitrogens with one attached hydrogen (secondary N) is 2. The van der Waals surface area contributed by atoms with Crippen molar-refractivity contribution in [3.8, 4) is 0 Å². The molecule has 0 aromatic heterocycles. The summed E-state index contributed by atoms with van der Waals surface area (Å²) in [5.41, 5.74) is 0.374. The molecule has 20 heavy (non-hydrogen) atoms. The van der Waals surface area contributed by atoms with E-state index in [1.54, 1.807) is 6.07 Å². The van der Waals surface area contributed by atoms with E-state index < -0.39 is 11.6 Å². The first-order chi connectivity index (χ1) is 9.19. The number of guanidine groups is 1. The second-order valence-corrected chi connectivity index (χ2v) is 4.15. The van der Waals surface area contributed by atoms with Crippen LogP contribution in [-0.4, -0.2) is 25.6 Å². The molecule has 114 valence electrons. The summed E-state index contributed by atoms with van der Waals surface area (Å²) < 4.78 is 26.4. The normalized spacial score (nSPS) is 10.9. The summed E-state index contributed by atoms with van der Waals surface area (Å²) in [6.07, 6.45) is 1.38. The Labute approximate surface area is 136 Å². The van der Waals surface area contributed by atoms with Crippen molar-refractivity contribution < 1.29 is 8.78 Å². The van der Waals surface area contributed by atoms with Crippen molar-refractivity contribution in [1.82, 2.24) is 10.6 Å². The smallest absolute Gasteiger partial charge is 0.191 e. The number of benzene rings is 1. The fraction of sp³-hybridized carbons (Fsp3) is 0.500. The fourth-order valence-corrected chi connectivity index (χ4v) is 1.62. The van der Waals surface area contributed by atoms with Crippen molar-refractivity contribution in [3.63, 3.8) is 0 Å². The summed E-state index contributed by atoms with van der Waals surface area (Å²) in [5.74, 6) is -0.856. The Morgan fingerprint density at radius 1 is 1.20 bits per heavy atom. The van der Waals surface area contributed by atoms with Crippen LogP contribution in [0.25, 0.3) is 0 Å². The molecular weight excluding hydrogens is 375 g/mol. The minimum absolute atomic E-state index is 0. The van der Waals surface area contributed by atoms with Crippen LogP contribution in [-0.2, 0) is 6.42 Å². The standard InChI is InChI=1S/C14H21F2N3.HI/c1-3-9-18-14(17-4-2)19-10-8-11-6-5-7-12(15)13(11)16;/h5-7H,3-4,8-10H2,1-2H3,(H2,17,18,19);1H. The molecule has 0 saturated heterocycles. The van der Waals surface area contributed by atoms with Gasteiger partial charge < -0.3 is 10.6 Å². The predicted molar refractivity (Wildman–Crippen MR) is 89.7 cm³/mol. The molecule has 0 unspecified atom stereocenters. The second kappa shape index (κ2) is 10.8. The van der Waals surface area contributed by atoms with Crippen LogP contribution in [0.1, 0.15) is 25.8 Å². The highest BCUT2D eigenvalue weighted by atomic mass is 127. The summed E-state index contributed by atoms with van der Waals surface area (Å²) in [7, 11) is 0. The molecule has 0 fully saturated rings. The Hall–Kier alpha value is -0.920. The van der Waals surface area contributed by atoms with Crippen LogP contribution >= 0.6 is 24.0 Å². The van der Waals surface area contributed by atoms with Gasteiger partial charge in [0.25, 0.3) is 0 Å².